The lowest BCUT2D eigenvalue weighted by atomic mass is 9.91. The Balaban J connectivity index is 3.89. The van der Waals surface area contributed by atoms with Gasteiger partial charge in [0.25, 0.3) is 0 Å². The molecule has 0 unspecified atom stereocenters. The van der Waals surface area contributed by atoms with E-state index in [4.69, 9.17) is 0 Å². The van der Waals surface area contributed by atoms with E-state index < -0.39 is 0 Å². The molecule has 0 aliphatic carbocycles. The Bertz CT molecular complexity index is 223. The first-order chi connectivity index (χ1) is 6.85. The molecule has 88 valence electrons. The third-order valence-electron chi connectivity index (χ3n) is 2.65. The molecule has 0 atom stereocenters. The van der Waals surface area contributed by atoms with Crippen molar-refractivity contribution in [1.82, 2.24) is 0 Å². The summed E-state index contributed by atoms with van der Waals surface area (Å²) in [5.41, 5.74) is 3.47. The van der Waals surface area contributed by atoms with Gasteiger partial charge in [0.2, 0.25) is 0 Å². The summed E-state index contributed by atoms with van der Waals surface area (Å²) in [6.45, 7) is 13.6. The molecule has 0 rings (SSSR count). The van der Waals surface area contributed by atoms with E-state index in [1.807, 2.05) is 0 Å². The second-order valence-corrected chi connectivity index (χ2v) is 5.76. The maximum atomic E-state index is 2.40. The van der Waals surface area contributed by atoms with Gasteiger partial charge in [0.15, 0.2) is 0 Å². The molecule has 0 aromatic rings. The van der Waals surface area contributed by atoms with Gasteiger partial charge in [-0.2, -0.15) is 0 Å². The highest BCUT2D eigenvalue weighted by Gasteiger charge is 2.06. The van der Waals surface area contributed by atoms with Gasteiger partial charge in [-0.3, -0.25) is 0 Å². The van der Waals surface area contributed by atoms with Crippen molar-refractivity contribution < 1.29 is 0 Å². The minimum Gasteiger partial charge on any atom is -0.0853 e. The van der Waals surface area contributed by atoms with E-state index in [9.17, 15) is 0 Å². The number of hydrogen-bond donors (Lipinski definition) is 0. The average molecular weight is 208 g/mol. The number of rotatable bonds is 5. The molecule has 15 heavy (non-hydrogen) atoms. The molecule has 0 heteroatoms. The molecule has 0 fully saturated rings. The van der Waals surface area contributed by atoms with Gasteiger partial charge in [-0.1, -0.05) is 51.0 Å². The molecule has 0 amide bonds. The largest absolute Gasteiger partial charge is 0.0853 e. The van der Waals surface area contributed by atoms with Crippen LogP contribution in [-0.2, 0) is 0 Å². The highest BCUT2D eigenvalue weighted by atomic mass is 14.1. The van der Waals surface area contributed by atoms with Gasteiger partial charge in [-0.25, -0.2) is 0 Å². The quantitative estimate of drug-likeness (QED) is 0.523. The van der Waals surface area contributed by atoms with Gasteiger partial charge in [-0.15, -0.1) is 0 Å². The van der Waals surface area contributed by atoms with Crippen LogP contribution in [0.25, 0.3) is 0 Å². The van der Waals surface area contributed by atoms with Gasteiger partial charge in [0.05, 0.1) is 0 Å². The zero-order valence-corrected chi connectivity index (χ0v) is 11.5. The first kappa shape index (κ1) is 14.5. The Morgan fingerprint density at radius 3 is 2.07 bits per heavy atom. The summed E-state index contributed by atoms with van der Waals surface area (Å²) in [5, 5.41) is 0. The molecule has 0 saturated carbocycles. The first-order valence-corrected chi connectivity index (χ1v) is 6.16. The Morgan fingerprint density at radius 2 is 1.60 bits per heavy atom. The van der Waals surface area contributed by atoms with Crippen LogP contribution in [0, 0.1) is 5.41 Å². The molecular formula is C15H28. The van der Waals surface area contributed by atoms with E-state index in [0.717, 1.165) is 0 Å². The van der Waals surface area contributed by atoms with Gasteiger partial charge in [0.1, 0.15) is 0 Å². The molecular weight excluding hydrogens is 180 g/mol. The summed E-state index contributed by atoms with van der Waals surface area (Å²) in [7, 11) is 0. The zero-order valence-electron chi connectivity index (χ0n) is 11.5. The fourth-order valence-electron chi connectivity index (χ4n) is 1.27. The van der Waals surface area contributed by atoms with E-state index in [0.29, 0.717) is 5.41 Å². The fraction of sp³-hybridized carbons (Fsp3) is 0.733. The normalized spacial score (nSPS) is 14.5. The molecule has 0 bridgehead atoms. The Morgan fingerprint density at radius 1 is 1.00 bits per heavy atom. The minimum absolute atomic E-state index is 0.427. The molecule has 0 spiro atoms. The fourth-order valence-corrected chi connectivity index (χ4v) is 1.27. The van der Waals surface area contributed by atoms with Crippen LogP contribution < -0.4 is 0 Å². The van der Waals surface area contributed by atoms with Crippen LogP contribution in [0.3, 0.4) is 0 Å². The molecule has 0 aliphatic rings. The lowest BCUT2D eigenvalue weighted by molar-refractivity contribution is 0.419. The summed E-state index contributed by atoms with van der Waals surface area (Å²) >= 11 is 0. The van der Waals surface area contributed by atoms with Crippen LogP contribution in [0.5, 0.6) is 0 Å². The van der Waals surface area contributed by atoms with E-state index in [1.54, 1.807) is 0 Å². The van der Waals surface area contributed by atoms with Crippen molar-refractivity contribution in [3.63, 3.8) is 0 Å². The molecule has 0 aromatic carbocycles. The molecule has 0 aromatic heterocycles. The maximum absolute atomic E-state index is 2.40. The first-order valence-electron chi connectivity index (χ1n) is 6.16. The number of hydrogen-bond acceptors (Lipinski definition) is 0. The van der Waals surface area contributed by atoms with Crippen molar-refractivity contribution in [3.05, 3.63) is 23.3 Å². The Kier molecular flexibility index (Phi) is 6.63. The SMILES string of the molecule is CCC(C)=CCC/C(C)=C/CC(C)(C)C. The smallest absolute Gasteiger partial charge is 0.0288 e. The third kappa shape index (κ3) is 9.78. The standard InChI is InChI=1S/C15H28/c1-7-13(2)9-8-10-14(3)11-12-15(4,5)6/h9,11H,7-8,10,12H2,1-6H3/b13-9?,14-11+. The van der Waals surface area contributed by atoms with Crippen molar-refractivity contribution >= 4 is 0 Å². The van der Waals surface area contributed by atoms with Crippen LogP contribution >= 0.6 is 0 Å². The maximum Gasteiger partial charge on any atom is -0.0288 e. The molecule has 0 nitrogen and oxygen atoms in total. The second kappa shape index (κ2) is 6.87. The van der Waals surface area contributed by atoms with Crippen molar-refractivity contribution in [1.29, 1.82) is 0 Å². The van der Waals surface area contributed by atoms with E-state index in [-0.39, 0.29) is 0 Å². The van der Waals surface area contributed by atoms with Gasteiger partial charge in [0, 0.05) is 0 Å². The van der Waals surface area contributed by atoms with Gasteiger partial charge >= 0.3 is 0 Å². The van der Waals surface area contributed by atoms with E-state index >= 15 is 0 Å². The summed E-state index contributed by atoms with van der Waals surface area (Å²) in [4.78, 5) is 0. The Hall–Kier alpha value is -0.520. The highest BCUT2D eigenvalue weighted by Crippen LogP contribution is 2.21. The van der Waals surface area contributed by atoms with Crippen molar-refractivity contribution in [2.75, 3.05) is 0 Å². The van der Waals surface area contributed by atoms with E-state index in [1.165, 1.54) is 36.8 Å². The van der Waals surface area contributed by atoms with Crippen molar-refractivity contribution in [3.8, 4) is 0 Å². The van der Waals surface area contributed by atoms with Crippen LogP contribution in [0.1, 0.15) is 67.2 Å². The van der Waals surface area contributed by atoms with Crippen LogP contribution in [0.4, 0.5) is 0 Å². The molecule has 0 aliphatic heterocycles. The Labute approximate surface area is 96.5 Å². The number of allylic oxidation sites excluding steroid dienone is 4. The van der Waals surface area contributed by atoms with Crippen LogP contribution in [0.15, 0.2) is 23.3 Å². The van der Waals surface area contributed by atoms with Crippen LogP contribution in [-0.4, -0.2) is 0 Å². The summed E-state index contributed by atoms with van der Waals surface area (Å²) in [6.07, 6.45) is 9.56. The highest BCUT2D eigenvalue weighted by molar-refractivity contribution is 5.03. The lowest BCUT2D eigenvalue weighted by Gasteiger charge is -2.15. The molecule has 0 N–H and O–H groups in total. The topological polar surface area (TPSA) is 0 Å². The molecule has 0 radical (unpaired) electrons. The van der Waals surface area contributed by atoms with Gasteiger partial charge < -0.3 is 0 Å². The molecule has 0 heterocycles. The summed E-state index contributed by atoms with van der Waals surface area (Å²) in [5.74, 6) is 0. The predicted octanol–water partition coefficient (Wildman–Crippen LogP) is 5.51. The zero-order chi connectivity index (χ0) is 11.9. The third-order valence-corrected chi connectivity index (χ3v) is 2.65. The summed E-state index contributed by atoms with van der Waals surface area (Å²) < 4.78 is 0. The van der Waals surface area contributed by atoms with Crippen LogP contribution in [0.2, 0.25) is 0 Å². The van der Waals surface area contributed by atoms with Crippen molar-refractivity contribution in [2.45, 2.75) is 67.2 Å². The van der Waals surface area contributed by atoms with Crippen molar-refractivity contribution in [2.24, 2.45) is 5.41 Å². The average Bonchev–Trinajstić information content (AvgIpc) is 2.13. The minimum atomic E-state index is 0.427. The predicted molar refractivity (Wildman–Crippen MR) is 71.1 cm³/mol. The monoisotopic (exact) mass is 208 g/mol. The van der Waals surface area contributed by atoms with Gasteiger partial charge in [-0.05, 0) is 44.9 Å². The summed E-state index contributed by atoms with van der Waals surface area (Å²) in [6, 6.07) is 0. The molecule has 0 saturated heterocycles. The lowest BCUT2D eigenvalue weighted by Crippen LogP contribution is -2.02. The van der Waals surface area contributed by atoms with E-state index in [2.05, 4.69) is 53.7 Å². The second-order valence-electron chi connectivity index (χ2n) is 5.76.